The number of aromatic nitrogens is 3. The van der Waals surface area contributed by atoms with E-state index in [-0.39, 0.29) is 0 Å². The second-order valence-corrected chi connectivity index (χ2v) is 6.81. The summed E-state index contributed by atoms with van der Waals surface area (Å²) < 4.78 is 1.71. The van der Waals surface area contributed by atoms with Gasteiger partial charge in [-0.05, 0) is 24.6 Å². The fraction of sp³-hybridized carbons (Fsp3) is 0.118. The Morgan fingerprint density at radius 3 is 2.67 bits per heavy atom. The highest BCUT2D eigenvalue weighted by molar-refractivity contribution is 7.98. The summed E-state index contributed by atoms with van der Waals surface area (Å²) in [5, 5.41) is 14.6. The molecule has 4 nitrogen and oxygen atoms in total. The van der Waals surface area contributed by atoms with Gasteiger partial charge in [-0.15, -0.1) is 10.2 Å². The van der Waals surface area contributed by atoms with Gasteiger partial charge in [0.15, 0.2) is 5.82 Å². The Morgan fingerprint density at radius 1 is 1.12 bits per heavy atom. The van der Waals surface area contributed by atoms with Crippen LogP contribution >= 0.6 is 35.0 Å². The maximum absolute atomic E-state index is 6.17. The minimum atomic E-state index is 0.551. The average Bonchev–Trinajstić information content (AvgIpc) is 2.93. The highest BCUT2D eigenvalue weighted by atomic mass is 35.5. The number of thioether (sulfide) groups is 1. The SMILES string of the molecule is Cc1nnc(SCc2ccccc2)n1/N=C/c1ccc(Cl)cc1Cl. The van der Waals surface area contributed by atoms with Gasteiger partial charge < -0.3 is 0 Å². The van der Waals surface area contributed by atoms with E-state index in [9.17, 15) is 0 Å². The Bertz CT molecular complexity index is 862. The molecular formula is C17H14Cl2N4S. The fourth-order valence-corrected chi connectivity index (χ4v) is 3.36. The van der Waals surface area contributed by atoms with Crippen LogP contribution in [-0.4, -0.2) is 21.1 Å². The van der Waals surface area contributed by atoms with E-state index in [0.717, 1.165) is 16.5 Å². The molecule has 1 aromatic heterocycles. The monoisotopic (exact) mass is 376 g/mol. The van der Waals surface area contributed by atoms with E-state index in [1.54, 1.807) is 34.8 Å². The van der Waals surface area contributed by atoms with Crippen LogP contribution in [0.3, 0.4) is 0 Å². The maximum atomic E-state index is 6.17. The maximum Gasteiger partial charge on any atom is 0.212 e. The third-order valence-corrected chi connectivity index (χ3v) is 4.81. The highest BCUT2D eigenvalue weighted by Crippen LogP contribution is 2.23. The number of rotatable bonds is 5. The molecule has 0 saturated heterocycles. The van der Waals surface area contributed by atoms with E-state index in [2.05, 4.69) is 27.4 Å². The molecule has 0 aliphatic heterocycles. The van der Waals surface area contributed by atoms with Gasteiger partial charge in [-0.3, -0.25) is 0 Å². The summed E-state index contributed by atoms with van der Waals surface area (Å²) in [6.45, 7) is 1.86. The summed E-state index contributed by atoms with van der Waals surface area (Å²) in [4.78, 5) is 0. The summed E-state index contributed by atoms with van der Waals surface area (Å²) in [5.41, 5.74) is 2.01. The zero-order chi connectivity index (χ0) is 16.9. The molecule has 0 N–H and O–H groups in total. The van der Waals surface area contributed by atoms with Crippen LogP contribution in [0.5, 0.6) is 0 Å². The molecule has 3 rings (SSSR count). The normalized spacial score (nSPS) is 11.3. The number of nitrogens with zero attached hydrogens (tertiary/aromatic N) is 4. The number of halogens is 2. The van der Waals surface area contributed by atoms with Crippen molar-refractivity contribution in [1.29, 1.82) is 0 Å². The van der Waals surface area contributed by atoms with Crippen LogP contribution in [0.25, 0.3) is 0 Å². The molecule has 7 heteroatoms. The van der Waals surface area contributed by atoms with Crippen molar-refractivity contribution in [2.45, 2.75) is 17.8 Å². The van der Waals surface area contributed by atoms with Crippen molar-refractivity contribution in [2.24, 2.45) is 5.10 Å². The Labute approximate surface area is 154 Å². The Kier molecular flexibility index (Phi) is 5.56. The predicted octanol–water partition coefficient (Wildman–Crippen LogP) is 5.07. The number of hydrogen-bond acceptors (Lipinski definition) is 4. The molecular weight excluding hydrogens is 363 g/mol. The van der Waals surface area contributed by atoms with Crippen molar-refractivity contribution < 1.29 is 0 Å². The van der Waals surface area contributed by atoms with Gasteiger partial charge in [0.1, 0.15) is 0 Å². The van der Waals surface area contributed by atoms with Crippen LogP contribution in [0.2, 0.25) is 10.0 Å². The van der Waals surface area contributed by atoms with Gasteiger partial charge in [-0.1, -0.05) is 71.4 Å². The lowest BCUT2D eigenvalue weighted by molar-refractivity contribution is 0.744. The lowest BCUT2D eigenvalue weighted by Crippen LogP contribution is -1.97. The van der Waals surface area contributed by atoms with Crippen LogP contribution in [0, 0.1) is 6.92 Å². The van der Waals surface area contributed by atoms with Crippen LogP contribution in [-0.2, 0) is 5.75 Å². The molecule has 122 valence electrons. The quantitative estimate of drug-likeness (QED) is 0.461. The summed E-state index contributed by atoms with van der Waals surface area (Å²) >= 11 is 13.7. The zero-order valence-corrected chi connectivity index (χ0v) is 15.2. The molecule has 0 aliphatic carbocycles. The minimum absolute atomic E-state index is 0.551. The molecule has 3 aromatic rings. The molecule has 1 heterocycles. The molecule has 0 atom stereocenters. The molecule has 2 aromatic carbocycles. The first kappa shape index (κ1) is 17.0. The summed E-state index contributed by atoms with van der Waals surface area (Å²) in [7, 11) is 0. The van der Waals surface area contributed by atoms with Gasteiger partial charge in [0.25, 0.3) is 0 Å². The average molecular weight is 377 g/mol. The van der Waals surface area contributed by atoms with Crippen LogP contribution < -0.4 is 0 Å². The number of hydrogen-bond donors (Lipinski definition) is 0. The molecule has 0 aliphatic rings. The molecule has 0 saturated carbocycles. The third-order valence-electron chi connectivity index (χ3n) is 3.25. The molecule has 0 bridgehead atoms. The van der Waals surface area contributed by atoms with Crippen molar-refractivity contribution in [1.82, 2.24) is 14.9 Å². The predicted molar refractivity (Wildman–Crippen MR) is 100 cm³/mol. The fourth-order valence-electron chi connectivity index (χ4n) is 2.01. The van der Waals surface area contributed by atoms with Crippen molar-refractivity contribution in [3.63, 3.8) is 0 Å². The Hall–Kier alpha value is -1.82. The van der Waals surface area contributed by atoms with E-state index in [1.165, 1.54) is 5.56 Å². The summed E-state index contributed by atoms with van der Waals surface area (Å²) in [6, 6.07) is 15.5. The molecule has 0 fully saturated rings. The standard InChI is InChI=1S/C17H14Cl2N4S/c1-12-21-22-17(24-11-13-5-3-2-4-6-13)23(12)20-10-14-7-8-15(18)9-16(14)19/h2-10H,11H2,1H3/b20-10+. The summed E-state index contributed by atoms with van der Waals surface area (Å²) in [5.74, 6) is 1.52. The lowest BCUT2D eigenvalue weighted by atomic mass is 10.2. The van der Waals surface area contributed by atoms with Gasteiger partial charge in [0.2, 0.25) is 5.16 Å². The zero-order valence-electron chi connectivity index (χ0n) is 12.9. The number of aryl methyl sites for hydroxylation is 1. The smallest absolute Gasteiger partial charge is 0.192 e. The van der Waals surface area contributed by atoms with Crippen LogP contribution in [0.15, 0.2) is 58.8 Å². The largest absolute Gasteiger partial charge is 0.212 e. The van der Waals surface area contributed by atoms with E-state index in [1.807, 2.05) is 31.2 Å². The van der Waals surface area contributed by atoms with Gasteiger partial charge in [-0.25, -0.2) is 0 Å². The van der Waals surface area contributed by atoms with Crippen LogP contribution in [0.1, 0.15) is 17.0 Å². The molecule has 0 spiro atoms. The van der Waals surface area contributed by atoms with Crippen molar-refractivity contribution in [2.75, 3.05) is 0 Å². The lowest BCUT2D eigenvalue weighted by Gasteiger charge is -2.03. The first-order chi connectivity index (χ1) is 11.6. The third kappa shape index (κ3) is 4.17. The topological polar surface area (TPSA) is 43.1 Å². The second kappa shape index (κ2) is 7.83. The van der Waals surface area contributed by atoms with Gasteiger partial charge in [-0.2, -0.15) is 9.78 Å². The minimum Gasteiger partial charge on any atom is -0.192 e. The molecule has 0 unspecified atom stereocenters. The van der Waals surface area contributed by atoms with Gasteiger partial charge in [0, 0.05) is 16.3 Å². The highest BCUT2D eigenvalue weighted by Gasteiger charge is 2.09. The van der Waals surface area contributed by atoms with Crippen molar-refractivity contribution in [3.8, 4) is 0 Å². The Balaban J connectivity index is 1.78. The number of benzene rings is 2. The molecule has 24 heavy (non-hydrogen) atoms. The van der Waals surface area contributed by atoms with Crippen LogP contribution in [0.4, 0.5) is 0 Å². The van der Waals surface area contributed by atoms with E-state index < -0.39 is 0 Å². The van der Waals surface area contributed by atoms with E-state index >= 15 is 0 Å². The van der Waals surface area contributed by atoms with Gasteiger partial charge >= 0.3 is 0 Å². The van der Waals surface area contributed by atoms with E-state index in [4.69, 9.17) is 23.2 Å². The van der Waals surface area contributed by atoms with Gasteiger partial charge in [0.05, 0.1) is 11.2 Å². The van der Waals surface area contributed by atoms with Crippen molar-refractivity contribution in [3.05, 3.63) is 75.5 Å². The summed E-state index contributed by atoms with van der Waals surface area (Å²) in [6.07, 6.45) is 1.68. The second-order valence-electron chi connectivity index (χ2n) is 5.03. The van der Waals surface area contributed by atoms with Crippen molar-refractivity contribution >= 4 is 41.2 Å². The first-order valence-corrected chi connectivity index (χ1v) is 8.96. The molecule has 0 radical (unpaired) electrons. The Morgan fingerprint density at radius 2 is 1.92 bits per heavy atom. The first-order valence-electron chi connectivity index (χ1n) is 7.21. The van der Waals surface area contributed by atoms with E-state index in [0.29, 0.717) is 15.9 Å². The molecule has 0 amide bonds.